The van der Waals surface area contributed by atoms with Crippen molar-refractivity contribution in [2.75, 3.05) is 0 Å². The standard InChI is InChI=1S/C12H15N5O/c13-7-9-2-1-3-11(6-9)18-8-12-14-15-16-17(12)10-4-5-10/h1-3,6,10H,4-5,7-8,13H2. The molecule has 3 rings (SSSR count). The van der Waals surface area contributed by atoms with Crippen LogP contribution in [0.15, 0.2) is 24.3 Å². The van der Waals surface area contributed by atoms with Crippen molar-refractivity contribution in [3.8, 4) is 5.75 Å². The summed E-state index contributed by atoms with van der Waals surface area (Å²) < 4.78 is 7.55. The molecule has 1 aliphatic rings. The Morgan fingerprint density at radius 3 is 3.06 bits per heavy atom. The van der Waals surface area contributed by atoms with Crippen LogP contribution in [0.5, 0.6) is 5.75 Å². The van der Waals surface area contributed by atoms with Crippen LogP contribution < -0.4 is 10.5 Å². The van der Waals surface area contributed by atoms with Crippen LogP contribution in [0.25, 0.3) is 0 Å². The Balaban J connectivity index is 1.67. The van der Waals surface area contributed by atoms with Crippen LogP contribution in [-0.4, -0.2) is 20.2 Å². The van der Waals surface area contributed by atoms with Gasteiger partial charge in [-0.3, -0.25) is 0 Å². The highest BCUT2D eigenvalue weighted by atomic mass is 16.5. The van der Waals surface area contributed by atoms with Gasteiger partial charge in [0.15, 0.2) is 5.82 Å². The maximum absolute atomic E-state index is 5.69. The normalized spacial score (nSPS) is 14.7. The molecule has 1 fully saturated rings. The fourth-order valence-corrected chi connectivity index (χ4v) is 1.82. The second-order valence-electron chi connectivity index (χ2n) is 4.41. The Morgan fingerprint density at radius 1 is 1.39 bits per heavy atom. The largest absolute Gasteiger partial charge is 0.486 e. The molecule has 1 saturated carbocycles. The average Bonchev–Trinajstić information content (AvgIpc) is 3.15. The van der Waals surface area contributed by atoms with Gasteiger partial charge in [0.1, 0.15) is 12.4 Å². The summed E-state index contributed by atoms with van der Waals surface area (Å²) in [5, 5.41) is 11.7. The minimum absolute atomic E-state index is 0.386. The summed E-state index contributed by atoms with van der Waals surface area (Å²) in [6.45, 7) is 0.897. The Hall–Kier alpha value is -1.95. The first kappa shape index (κ1) is 11.2. The number of nitrogens with two attached hydrogens (primary N) is 1. The van der Waals surface area contributed by atoms with E-state index in [2.05, 4.69) is 15.5 Å². The van der Waals surface area contributed by atoms with E-state index >= 15 is 0 Å². The second-order valence-corrected chi connectivity index (χ2v) is 4.41. The zero-order valence-electron chi connectivity index (χ0n) is 9.99. The lowest BCUT2D eigenvalue weighted by atomic mass is 10.2. The van der Waals surface area contributed by atoms with Crippen molar-refractivity contribution >= 4 is 0 Å². The highest BCUT2D eigenvalue weighted by Crippen LogP contribution is 2.34. The molecule has 6 nitrogen and oxygen atoms in total. The van der Waals surface area contributed by atoms with Gasteiger partial charge in [-0.2, -0.15) is 0 Å². The van der Waals surface area contributed by atoms with Crippen LogP contribution in [-0.2, 0) is 13.2 Å². The van der Waals surface area contributed by atoms with Crippen molar-refractivity contribution in [2.24, 2.45) is 5.73 Å². The first-order valence-corrected chi connectivity index (χ1v) is 6.05. The number of hydrogen-bond donors (Lipinski definition) is 1. The van der Waals surface area contributed by atoms with E-state index in [4.69, 9.17) is 10.5 Å². The van der Waals surface area contributed by atoms with Gasteiger partial charge in [0, 0.05) is 6.54 Å². The monoisotopic (exact) mass is 245 g/mol. The molecule has 0 radical (unpaired) electrons. The summed E-state index contributed by atoms with van der Waals surface area (Å²) in [7, 11) is 0. The molecule has 2 N–H and O–H groups in total. The molecule has 1 aromatic heterocycles. The van der Waals surface area contributed by atoms with Crippen LogP contribution >= 0.6 is 0 Å². The number of ether oxygens (including phenoxy) is 1. The maximum Gasteiger partial charge on any atom is 0.189 e. The first-order valence-electron chi connectivity index (χ1n) is 6.05. The molecule has 1 aromatic carbocycles. The van der Waals surface area contributed by atoms with Crippen LogP contribution in [0.2, 0.25) is 0 Å². The Morgan fingerprint density at radius 2 is 2.28 bits per heavy atom. The summed E-state index contributed by atoms with van der Waals surface area (Å²) in [6.07, 6.45) is 2.31. The van der Waals surface area contributed by atoms with Crippen LogP contribution in [0.1, 0.15) is 30.3 Å². The molecule has 0 atom stereocenters. The molecule has 6 heteroatoms. The van der Waals surface area contributed by atoms with E-state index in [1.807, 2.05) is 28.9 Å². The molecular formula is C12H15N5O. The number of benzene rings is 1. The van der Waals surface area contributed by atoms with Gasteiger partial charge in [-0.15, -0.1) is 5.10 Å². The minimum Gasteiger partial charge on any atom is -0.486 e. The van der Waals surface area contributed by atoms with Crippen molar-refractivity contribution in [2.45, 2.75) is 32.0 Å². The van der Waals surface area contributed by atoms with Crippen molar-refractivity contribution in [3.63, 3.8) is 0 Å². The molecule has 0 spiro atoms. The average molecular weight is 245 g/mol. The molecule has 0 unspecified atom stereocenters. The lowest BCUT2D eigenvalue weighted by Gasteiger charge is -2.07. The van der Waals surface area contributed by atoms with Gasteiger partial charge in [-0.25, -0.2) is 4.68 Å². The van der Waals surface area contributed by atoms with E-state index < -0.39 is 0 Å². The van der Waals surface area contributed by atoms with E-state index in [9.17, 15) is 0 Å². The van der Waals surface area contributed by atoms with E-state index in [1.165, 1.54) is 0 Å². The van der Waals surface area contributed by atoms with Gasteiger partial charge in [0.2, 0.25) is 0 Å². The molecule has 1 heterocycles. The van der Waals surface area contributed by atoms with Gasteiger partial charge in [0.25, 0.3) is 0 Å². The summed E-state index contributed by atoms with van der Waals surface area (Å²) in [5.41, 5.74) is 6.64. The number of hydrogen-bond acceptors (Lipinski definition) is 5. The Bertz CT molecular complexity index is 535. The lowest BCUT2D eigenvalue weighted by molar-refractivity contribution is 0.286. The summed E-state index contributed by atoms with van der Waals surface area (Å²) in [4.78, 5) is 0. The van der Waals surface area contributed by atoms with E-state index in [-0.39, 0.29) is 0 Å². The molecule has 18 heavy (non-hydrogen) atoms. The van der Waals surface area contributed by atoms with E-state index in [1.54, 1.807) is 0 Å². The van der Waals surface area contributed by atoms with Crippen molar-refractivity contribution in [1.82, 2.24) is 20.2 Å². The summed E-state index contributed by atoms with van der Waals surface area (Å²) in [6, 6.07) is 8.21. The SMILES string of the molecule is NCc1cccc(OCc2nnnn2C2CC2)c1. The predicted molar refractivity (Wildman–Crippen MR) is 64.8 cm³/mol. The second kappa shape index (κ2) is 4.73. The van der Waals surface area contributed by atoms with Gasteiger partial charge in [0.05, 0.1) is 6.04 Å². The molecule has 0 bridgehead atoms. The highest BCUT2D eigenvalue weighted by Gasteiger charge is 2.27. The van der Waals surface area contributed by atoms with Gasteiger partial charge in [-0.1, -0.05) is 12.1 Å². The first-order chi connectivity index (χ1) is 8.86. The van der Waals surface area contributed by atoms with Crippen molar-refractivity contribution < 1.29 is 4.74 Å². The third kappa shape index (κ3) is 2.33. The quantitative estimate of drug-likeness (QED) is 0.851. The fourth-order valence-electron chi connectivity index (χ4n) is 1.82. The molecule has 0 aliphatic heterocycles. The fraction of sp³-hybridized carbons (Fsp3) is 0.417. The van der Waals surface area contributed by atoms with Gasteiger partial charge < -0.3 is 10.5 Å². The predicted octanol–water partition coefficient (Wildman–Crippen LogP) is 1.05. The third-order valence-corrected chi connectivity index (χ3v) is 2.96. The molecule has 94 valence electrons. The van der Waals surface area contributed by atoms with Crippen LogP contribution in [0, 0.1) is 0 Å². The number of tetrazole rings is 1. The molecule has 0 saturated heterocycles. The number of aromatic nitrogens is 4. The smallest absolute Gasteiger partial charge is 0.189 e. The van der Waals surface area contributed by atoms with Crippen LogP contribution in [0.3, 0.4) is 0 Å². The van der Waals surface area contributed by atoms with Crippen molar-refractivity contribution in [1.29, 1.82) is 0 Å². The number of nitrogens with zero attached hydrogens (tertiary/aromatic N) is 4. The van der Waals surface area contributed by atoms with E-state index in [0.717, 1.165) is 30.0 Å². The van der Waals surface area contributed by atoms with Gasteiger partial charge >= 0.3 is 0 Å². The Labute approximate surface area is 105 Å². The molecule has 1 aliphatic carbocycles. The Kier molecular flexibility index (Phi) is 2.93. The number of rotatable bonds is 5. The topological polar surface area (TPSA) is 78.8 Å². The summed E-state index contributed by atoms with van der Waals surface area (Å²) >= 11 is 0. The van der Waals surface area contributed by atoms with Gasteiger partial charge in [-0.05, 0) is 41.0 Å². The zero-order chi connectivity index (χ0) is 12.4. The van der Waals surface area contributed by atoms with Crippen molar-refractivity contribution in [3.05, 3.63) is 35.7 Å². The molecular weight excluding hydrogens is 230 g/mol. The highest BCUT2D eigenvalue weighted by molar-refractivity contribution is 5.28. The third-order valence-electron chi connectivity index (χ3n) is 2.96. The lowest BCUT2D eigenvalue weighted by Crippen LogP contribution is -2.07. The minimum atomic E-state index is 0.386. The molecule has 0 amide bonds. The van der Waals surface area contributed by atoms with Crippen LogP contribution in [0.4, 0.5) is 0 Å². The molecule has 2 aromatic rings. The maximum atomic E-state index is 5.69. The summed E-state index contributed by atoms with van der Waals surface area (Å²) in [5.74, 6) is 1.57. The van der Waals surface area contributed by atoms with E-state index in [0.29, 0.717) is 19.2 Å². The zero-order valence-corrected chi connectivity index (χ0v) is 9.99.